The average Bonchev–Trinajstić information content (AvgIpc) is 3.06. The molecular weight excluding hydrogens is 396 g/mol. The van der Waals surface area contributed by atoms with Crippen molar-refractivity contribution in [3.63, 3.8) is 0 Å². The fourth-order valence-corrected chi connectivity index (χ4v) is 4.47. The molecular formula is C18H20N6O2S2. The van der Waals surface area contributed by atoms with E-state index in [1.54, 1.807) is 35.7 Å². The standard InChI is InChI=1S/C18H20N6O2S2/c1-4-23-16(11-27-17-19-12(2)9-13(3)20-17)21-22-18(23)28-10-14-5-7-15(8-6-14)24(25)26/h5-9H,4,10-11H2,1-3H3. The third-order valence-electron chi connectivity index (χ3n) is 3.92. The first-order valence-corrected chi connectivity index (χ1v) is 10.7. The number of nitro benzene ring substituents is 1. The van der Waals surface area contributed by atoms with Crippen molar-refractivity contribution in [1.29, 1.82) is 0 Å². The van der Waals surface area contributed by atoms with E-state index in [9.17, 15) is 10.1 Å². The van der Waals surface area contributed by atoms with E-state index in [2.05, 4.69) is 31.7 Å². The highest BCUT2D eigenvalue weighted by atomic mass is 32.2. The van der Waals surface area contributed by atoms with Crippen LogP contribution < -0.4 is 0 Å². The average molecular weight is 417 g/mol. The SMILES string of the molecule is CCn1c(CSc2nc(C)cc(C)n2)nnc1SCc1ccc([N+](=O)[O-])cc1. The molecule has 0 aliphatic heterocycles. The van der Waals surface area contributed by atoms with Crippen LogP contribution >= 0.6 is 23.5 Å². The highest BCUT2D eigenvalue weighted by molar-refractivity contribution is 7.98. The lowest BCUT2D eigenvalue weighted by atomic mass is 10.2. The van der Waals surface area contributed by atoms with Gasteiger partial charge in [-0.05, 0) is 32.4 Å². The topological polar surface area (TPSA) is 99.6 Å². The molecule has 3 aromatic rings. The predicted octanol–water partition coefficient (Wildman–Crippen LogP) is 4.20. The lowest BCUT2D eigenvalue weighted by Crippen LogP contribution is -2.03. The number of thioether (sulfide) groups is 2. The minimum atomic E-state index is -0.395. The lowest BCUT2D eigenvalue weighted by molar-refractivity contribution is -0.384. The summed E-state index contributed by atoms with van der Waals surface area (Å²) in [6.45, 7) is 6.74. The summed E-state index contributed by atoms with van der Waals surface area (Å²) in [6, 6.07) is 8.53. The Morgan fingerprint density at radius 1 is 1.04 bits per heavy atom. The maximum atomic E-state index is 10.7. The van der Waals surface area contributed by atoms with E-state index in [1.165, 1.54) is 12.1 Å². The second-order valence-corrected chi connectivity index (χ2v) is 7.96. The van der Waals surface area contributed by atoms with Gasteiger partial charge < -0.3 is 4.57 Å². The van der Waals surface area contributed by atoms with Crippen LogP contribution in [-0.2, 0) is 18.1 Å². The van der Waals surface area contributed by atoms with Crippen molar-refractivity contribution < 1.29 is 4.92 Å². The van der Waals surface area contributed by atoms with Crippen molar-refractivity contribution >= 4 is 29.2 Å². The largest absolute Gasteiger partial charge is 0.306 e. The molecule has 0 radical (unpaired) electrons. The van der Waals surface area contributed by atoms with Crippen LogP contribution in [0.3, 0.4) is 0 Å². The number of hydrogen-bond acceptors (Lipinski definition) is 8. The zero-order chi connectivity index (χ0) is 20.1. The van der Waals surface area contributed by atoms with Crippen molar-refractivity contribution in [2.24, 2.45) is 0 Å². The molecule has 0 atom stereocenters. The summed E-state index contributed by atoms with van der Waals surface area (Å²) < 4.78 is 2.08. The van der Waals surface area contributed by atoms with Gasteiger partial charge in [-0.1, -0.05) is 35.7 Å². The molecule has 28 heavy (non-hydrogen) atoms. The summed E-state index contributed by atoms with van der Waals surface area (Å²) in [5.74, 6) is 2.19. The number of nitrogens with zero attached hydrogens (tertiary/aromatic N) is 6. The Labute approximate surface area is 171 Å². The maximum Gasteiger partial charge on any atom is 0.269 e. The molecule has 0 spiro atoms. The van der Waals surface area contributed by atoms with Crippen LogP contribution in [0.25, 0.3) is 0 Å². The second-order valence-electron chi connectivity index (χ2n) is 6.08. The molecule has 8 nitrogen and oxygen atoms in total. The summed E-state index contributed by atoms with van der Waals surface area (Å²) in [5.41, 5.74) is 3.00. The van der Waals surface area contributed by atoms with E-state index in [-0.39, 0.29) is 5.69 Å². The van der Waals surface area contributed by atoms with Crippen LogP contribution in [0.1, 0.15) is 29.7 Å². The Balaban J connectivity index is 1.65. The molecule has 0 fully saturated rings. The number of hydrogen-bond donors (Lipinski definition) is 0. The first-order valence-electron chi connectivity index (χ1n) is 8.69. The van der Waals surface area contributed by atoms with Crippen LogP contribution in [0, 0.1) is 24.0 Å². The zero-order valence-electron chi connectivity index (χ0n) is 15.8. The Bertz CT molecular complexity index is 954. The minimum Gasteiger partial charge on any atom is -0.306 e. The van der Waals surface area contributed by atoms with Crippen LogP contribution in [0.2, 0.25) is 0 Å². The predicted molar refractivity (Wildman–Crippen MR) is 109 cm³/mol. The van der Waals surface area contributed by atoms with Crippen LogP contribution in [0.5, 0.6) is 0 Å². The molecule has 0 unspecified atom stereocenters. The van der Waals surface area contributed by atoms with Gasteiger partial charge in [0.2, 0.25) is 0 Å². The number of rotatable bonds is 8. The highest BCUT2D eigenvalue weighted by Gasteiger charge is 2.13. The molecule has 2 aromatic heterocycles. The van der Waals surface area contributed by atoms with E-state index >= 15 is 0 Å². The van der Waals surface area contributed by atoms with Crippen LogP contribution in [0.4, 0.5) is 5.69 Å². The summed E-state index contributed by atoms with van der Waals surface area (Å²) in [4.78, 5) is 19.2. The normalized spacial score (nSPS) is 11.0. The van der Waals surface area contributed by atoms with E-state index in [4.69, 9.17) is 0 Å². The minimum absolute atomic E-state index is 0.0957. The monoisotopic (exact) mass is 416 g/mol. The summed E-state index contributed by atoms with van der Waals surface area (Å²) in [7, 11) is 0. The fourth-order valence-electron chi connectivity index (χ4n) is 2.60. The second kappa shape index (κ2) is 9.16. The van der Waals surface area contributed by atoms with Gasteiger partial charge in [0, 0.05) is 35.8 Å². The molecule has 0 aliphatic rings. The molecule has 0 saturated carbocycles. The smallest absolute Gasteiger partial charge is 0.269 e. The van der Waals surface area contributed by atoms with E-state index < -0.39 is 4.92 Å². The molecule has 0 aliphatic carbocycles. The first-order chi connectivity index (χ1) is 13.5. The van der Waals surface area contributed by atoms with Crippen molar-refractivity contribution in [3.8, 4) is 0 Å². The Morgan fingerprint density at radius 2 is 1.71 bits per heavy atom. The van der Waals surface area contributed by atoms with Gasteiger partial charge in [0.25, 0.3) is 5.69 Å². The Hall–Kier alpha value is -2.46. The molecule has 0 amide bonds. The first kappa shape index (κ1) is 20.3. The van der Waals surface area contributed by atoms with Crippen molar-refractivity contribution in [2.45, 2.75) is 49.1 Å². The highest BCUT2D eigenvalue weighted by Crippen LogP contribution is 2.26. The third kappa shape index (κ3) is 5.08. The third-order valence-corrected chi connectivity index (χ3v) is 5.80. The molecule has 0 N–H and O–H groups in total. The van der Waals surface area contributed by atoms with Gasteiger partial charge in [0.1, 0.15) is 5.82 Å². The molecule has 0 bridgehead atoms. The van der Waals surface area contributed by atoms with E-state index in [1.807, 2.05) is 19.9 Å². The van der Waals surface area contributed by atoms with Crippen LogP contribution in [0.15, 0.2) is 40.6 Å². The molecule has 10 heteroatoms. The van der Waals surface area contributed by atoms with Gasteiger partial charge in [0.05, 0.1) is 10.7 Å². The van der Waals surface area contributed by atoms with Gasteiger partial charge in [0.15, 0.2) is 10.3 Å². The molecule has 146 valence electrons. The van der Waals surface area contributed by atoms with Gasteiger partial charge in [-0.25, -0.2) is 9.97 Å². The van der Waals surface area contributed by atoms with Crippen LogP contribution in [-0.4, -0.2) is 29.7 Å². The molecule has 3 rings (SSSR count). The number of non-ortho nitro benzene ring substituents is 1. The van der Waals surface area contributed by atoms with Crippen molar-refractivity contribution in [2.75, 3.05) is 0 Å². The number of benzene rings is 1. The van der Waals surface area contributed by atoms with E-state index in [0.717, 1.165) is 39.6 Å². The molecule has 0 saturated heterocycles. The van der Waals surface area contributed by atoms with E-state index in [0.29, 0.717) is 11.5 Å². The van der Waals surface area contributed by atoms with Crippen molar-refractivity contribution in [1.82, 2.24) is 24.7 Å². The lowest BCUT2D eigenvalue weighted by Gasteiger charge is -2.07. The summed E-state index contributed by atoms with van der Waals surface area (Å²) in [6.07, 6.45) is 0. The van der Waals surface area contributed by atoms with Gasteiger partial charge >= 0.3 is 0 Å². The van der Waals surface area contributed by atoms with Gasteiger partial charge in [-0.2, -0.15) is 0 Å². The molecule has 1 aromatic carbocycles. The molecule has 2 heterocycles. The quantitative estimate of drug-likeness (QED) is 0.233. The van der Waals surface area contributed by atoms with Crippen molar-refractivity contribution in [3.05, 3.63) is 63.2 Å². The summed E-state index contributed by atoms with van der Waals surface area (Å²) in [5, 5.41) is 20.9. The van der Waals surface area contributed by atoms with Gasteiger partial charge in [-0.15, -0.1) is 10.2 Å². The number of aryl methyl sites for hydroxylation is 2. The number of nitro groups is 1. The number of aromatic nitrogens is 5. The zero-order valence-corrected chi connectivity index (χ0v) is 17.5. The summed E-state index contributed by atoms with van der Waals surface area (Å²) >= 11 is 3.11. The Morgan fingerprint density at radius 3 is 2.32 bits per heavy atom. The Kier molecular flexibility index (Phi) is 6.63. The fraction of sp³-hybridized carbons (Fsp3) is 0.333. The van der Waals surface area contributed by atoms with Gasteiger partial charge in [-0.3, -0.25) is 10.1 Å². The maximum absolute atomic E-state index is 10.7.